The van der Waals surface area contributed by atoms with Crippen molar-refractivity contribution in [2.75, 3.05) is 0 Å². The van der Waals surface area contributed by atoms with E-state index in [1.165, 1.54) is 116 Å². The second kappa shape index (κ2) is 21.6. The van der Waals surface area contributed by atoms with E-state index in [4.69, 9.17) is 0 Å². The van der Waals surface area contributed by atoms with Crippen LogP contribution in [0, 0.1) is 0 Å². The second-order valence-electron chi connectivity index (χ2n) is 7.70. The van der Waals surface area contributed by atoms with Crippen molar-refractivity contribution < 1.29 is 3.08 Å². The maximum absolute atomic E-state index is 12.1. The van der Waals surface area contributed by atoms with E-state index in [1.54, 1.807) is 0 Å². The van der Waals surface area contributed by atoms with Crippen molar-refractivity contribution in [3.8, 4) is 0 Å². The quantitative estimate of drug-likeness (QED) is 0.136. The van der Waals surface area contributed by atoms with Crippen LogP contribution in [-0.2, 0) is 3.08 Å². The molecule has 0 aliphatic carbocycles. The van der Waals surface area contributed by atoms with Crippen molar-refractivity contribution in [3.05, 3.63) is 0 Å². The number of unbranched alkanes of at least 4 members (excludes halogenated alkanes) is 16. The molecule has 0 radical (unpaired) electrons. The van der Waals surface area contributed by atoms with Crippen LogP contribution in [0.15, 0.2) is 0 Å². The van der Waals surface area contributed by atoms with Gasteiger partial charge in [-0.15, -0.1) is 0 Å². The average molecular weight is 445 g/mol. The van der Waals surface area contributed by atoms with Gasteiger partial charge in [-0.1, -0.05) is 0 Å². The van der Waals surface area contributed by atoms with Crippen LogP contribution in [0.25, 0.3) is 0 Å². The molecule has 144 valence electrons. The average Bonchev–Trinajstić information content (AvgIpc) is 2.59. The van der Waals surface area contributed by atoms with Gasteiger partial charge in [-0.05, 0) is 0 Å². The van der Waals surface area contributed by atoms with Gasteiger partial charge in [0.15, 0.2) is 0 Å². The van der Waals surface area contributed by atoms with Crippen LogP contribution in [-0.4, -0.2) is 19.7 Å². The molecule has 0 fully saturated rings. The Hall–Kier alpha value is 0.599. The van der Waals surface area contributed by atoms with Gasteiger partial charge in [0.2, 0.25) is 0 Å². The van der Waals surface area contributed by atoms with Gasteiger partial charge in [-0.25, -0.2) is 0 Å². The van der Waals surface area contributed by atoms with Gasteiger partial charge in [0.1, 0.15) is 0 Å². The first kappa shape index (κ1) is 24.6. The minimum atomic E-state index is -2.15. The van der Waals surface area contributed by atoms with E-state index in [-0.39, 0.29) is 0 Å². The molecule has 0 N–H and O–H groups in total. The first-order valence-electron chi connectivity index (χ1n) is 11.3. The molecule has 0 spiro atoms. The first-order valence-corrected chi connectivity index (χ1v) is 16.5. The van der Waals surface area contributed by atoms with Crippen LogP contribution in [0.5, 0.6) is 0 Å². The molecule has 0 saturated carbocycles. The third-order valence-corrected chi connectivity index (χ3v) is 10.3. The fourth-order valence-electron chi connectivity index (χ4n) is 3.39. The summed E-state index contributed by atoms with van der Waals surface area (Å²) in [6.07, 6.45) is 24.8. The molecule has 1 nitrogen and oxygen atoms in total. The third kappa shape index (κ3) is 20.6. The monoisotopic (exact) mass is 446 g/mol. The Morgan fingerprint density at radius 1 is 0.417 bits per heavy atom. The SMILES string of the molecule is CCCCCCCCCC[CH2][Sn](=[O])[CH2]CCCCCCCCCC. The standard InChI is InChI=1S/2C11H23.O.Sn/c2*1-3-5-7-9-11-10-8-6-4-2;;/h2*1,3-11H2,2H3;;. The molecule has 0 aliphatic rings. The summed E-state index contributed by atoms with van der Waals surface area (Å²) < 4.78 is 14.4. The number of hydrogen-bond acceptors (Lipinski definition) is 1. The summed E-state index contributed by atoms with van der Waals surface area (Å²) in [5.41, 5.74) is 0. The van der Waals surface area contributed by atoms with E-state index >= 15 is 0 Å². The van der Waals surface area contributed by atoms with Crippen molar-refractivity contribution in [2.24, 2.45) is 0 Å². The summed E-state index contributed by atoms with van der Waals surface area (Å²) in [7, 11) is 0. The molecule has 0 aliphatic heterocycles. The van der Waals surface area contributed by atoms with Crippen LogP contribution < -0.4 is 0 Å². The van der Waals surface area contributed by atoms with Gasteiger partial charge in [-0.3, -0.25) is 0 Å². The Labute approximate surface area is 160 Å². The van der Waals surface area contributed by atoms with Gasteiger partial charge < -0.3 is 0 Å². The van der Waals surface area contributed by atoms with Crippen molar-refractivity contribution in [1.29, 1.82) is 0 Å². The van der Waals surface area contributed by atoms with Crippen LogP contribution >= 0.6 is 0 Å². The van der Waals surface area contributed by atoms with E-state index in [0.29, 0.717) is 0 Å². The summed E-state index contributed by atoms with van der Waals surface area (Å²) in [6.45, 7) is 4.55. The molecule has 0 aromatic carbocycles. The predicted octanol–water partition coefficient (Wildman–Crippen LogP) is 8.47. The Balaban J connectivity index is 3.13. The van der Waals surface area contributed by atoms with Crippen molar-refractivity contribution in [1.82, 2.24) is 0 Å². The van der Waals surface area contributed by atoms with Crippen molar-refractivity contribution >= 4 is 19.7 Å². The molecule has 0 bridgehead atoms. The first-order chi connectivity index (χ1) is 11.8. The van der Waals surface area contributed by atoms with Crippen LogP contribution in [0.1, 0.15) is 129 Å². The molecular formula is C22H46OSn. The Morgan fingerprint density at radius 2 is 0.667 bits per heavy atom. The van der Waals surface area contributed by atoms with Crippen molar-refractivity contribution in [2.45, 2.75) is 138 Å². The van der Waals surface area contributed by atoms with E-state index in [2.05, 4.69) is 13.8 Å². The number of hydrogen-bond donors (Lipinski definition) is 0. The normalized spacial score (nSPS) is 11.1. The fourth-order valence-corrected chi connectivity index (χ4v) is 7.78. The predicted molar refractivity (Wildman–Crippen MR) is 111 cm³/mol. The third-order valence-electron chi connectivity index (χ3n) is 5.12. The van der Waals surface area contributed by atoms with Crippen LogP contribution in [0.3, 0.4) is 0 Å². The molecule has 0 aromatic heterocycles. The van der Waals surface area contributed by atoms with Gasteiger partial charge in [0.25, 0.3) is 0 Å². The topological polar surface area (TPSA) is 17.1 Å². The van der Waals surface area contributed by atoms with E-state index < -0.39 is 19.7 Å². The molecule has 0 aromatic rings. The summed E-state index contributed by atoms with van der Waals surface area (Å²) in [6, 6.07) is 0. The number of rotatable bonds is 20. The van der Waals surface area contributed by atoms with Gasteiger partial charge >= 0.3 is 161 Å². The molecule has 24 heavy (non-hydrogen) atoms. The Bertz CT molecular complexity index is 228. The van der Waals surface area contributed by atoms with Crippen LogP contribution in [0.4, 0.5) is 0 Å². The molecular weight excluding hydrogens is 399 g/mol. The molecule has 0 heterocycles. The maximum atomic E-state index is 12.1. The zero-order chi connectivity index (χ0) is 17.7. The molecule has 0 atom stereocenters. The molecule has 0 saturated heterocycles. The van der Waals surface area contributed by atoms with Crippen molar-refractivity contribution in [3.63, 3.8) is 0 Å². The van der Waals surface area contributed by atoms with E-state index in [9.17, 15) is 3.08 Å². The van der Waals surface area contributed by atoms with E-state index in [0.717, 1.165) is 8.87 Å². The Kier molecular flexibility index (Phi) is 22.2. The molecule has 0 unspecified atom stereocenters. The zero-order valence-electron chi connectivity index (χ0n) is 17.1. The van der Waals surface area contributed by atoms with Crippen LogP contribution in [0.2, 0.25) is 8.87 Å². The second-order valence-corrected chi connectivity index (χ2v) is 13.6. The fraction of sp³-hybridized carbons (Fsp3) is 1.00. The molecule has 2 heteroatoms. The summed E-state index contributed by atoms with van der Waals surface area (Å²) in [5.74, 6) is 0. The molecule has 0 amide bonds. The summed E-state index contributed by atoms with van der Waals surface area (Å²) >= 11 is -2.15. The van der Waals surface area contributed by atoms with Gasteiger partial charge in [0, 0.05) is 0 Å². The molecule has 0 rings (SSSR count). The van der Waals surface area contributed by atoms with E-state index in [1.807, 2.05) is 0 Å². The summed E-state index contributed by atoms with van der Waals surface area (Å²) in [4.78, 5) is 0. The minimum absolute atomic E-state index is 1.12. The summed E-state index contributed by atoms with van der Waals surface area (Å²) in [5, 5.41) is 0. The van der Waals surface area contributed by atoms with Gasteiger partial charge in [0.05, 0.1) is 0 Å². The van der Waals surface area contributed by atoms with Gasteiger partial charge in [-0.2, -0.15) is 0 Å². The Morgan fingerprint density at radius 3 is 0.958 bits per heavy atom. The zero-order valence-corrected chi connectivity index (χ0v) is 19.9.